The first-order valence-corrected chi connectivity index (χ1v) is 9.06. The molecule has 1 amide bonds. The molecule has 1 aromatic rings. The van der Waals surface area contributed by atoms with E-state index in [1.165, 1.54) is 16.3 Å². The number of ether oxygens (including phenoxy) is 1. The van der Waals surface area contributed by atoms with E-state index < -0.39 is 29.8 Å². The fourth-order valence-electron chi connectivity index (χ4n) is 3.72. The van der Waals surface area contributed by atoms with Gasteiger partial charge in [0, 0.05) is 24.0 Å². The Hall–Kier alpha value is -1.58. The minimum atomic E-state index is -4.35. The third-order valence-electron chi connectivity index (χ3n) is 4.35. The number of nitrogens with two attached hydrogens (primary N) is 1. The van der Waals surface area contributed by atoms with Crippen molar-refractivity contribution in [1.82, 2.24) is 5.01 Å². The summed E-state index contributed by atoms with van der Waals surface area (Å²) in [6.45, 7) is 6.64. The van der Waals surface area contributed by atoms with Gasteiger partial charge in [-0.2, -0.15) is 13.2 Å². The lowest BCUT2D eigenvalue weighted by Crippen LogP contribution is -2.42. The number of primary amides is 1. The van der Waals surface area contributed by atoms with E-state index in [1.807, 2.05) is 27.7 Å². The molecule has 3 heterocycles. The molecular formula is C17H22F3N3O2S. The van der Waals surface area contributed by atoms with Gasteiger partial charge in [0.25, 0.3) is 5.91 Å². The fourth-order valence-corrected chi connectivity index (χ4v) is 5.09. The number of amides is 1. The van der Waals surface area contributed by atoms with E-state index in [2.05, 4.69) is 0 Å². The fraction of sp³-hybridized carbons (Fsp3) is 0.588. The zero-order chi connectivity index (χ0) is 19.5. The summed E-state index contributed by atoms with van der Waals surface area (Å²) in [5.41, 5.74) is 5.52. The molecule has 0 aliphatic carbocycles. The maximum Gasteiger partial charge on any atom is 0.403 e. The molecule has 0 aromatic carbocycles. The SMILES string of the molecule is CC1(C)Cc2c(sc(N3C=CCN3CC(F)(F)F)c2C(N)=O)C(C)(C)O1. The number of hydrogen-bond donors (Lipinski definition) is 1. The number of nitrogens with zero attached hydrogens (tertiary/aromatic N) is 2. The molecule has 26 heavy (non-hydrogen) atoms. The molecule has 2 N–H and O–H groups in total. The van der Waals surface area contributed by atoms with E-state index in [0.29, 0.717) is 11.4 Å². The molecule has 0 saturated carbocycles. The molecule has 3 rings (SSSR count). The summed E-state index contributed by atoms with van der Waals surface area (Å²) in [6.07, 6.45) is -0.703. The molecule has 0 fully saturated rings. The Balaban J connectivity index is 2.11. The predicted octanol–water partition coefficient (Wildman–Crippen LogP) is 3.55. The smallest absolute Gasteiger partial charge is 0.365 e. The number of anilines is 1. The molecule has 0 bridgehead atoms. The molecule has 2 aliphatic rings. The number of alkyl halides is 3. The van der Waals surface area contributed by atoms with Crippen molar-refractivity contribution < 1.29 is 22.7 Å². The molecular weight excluding hydrogens is 367 g/mol. The molecule has 2 aliphatic heterocycles. The van der Waals surface area contributed by atoms with Crippen LogP contribution in [0.25, 0.3) is 0 Å². The first kappa shape index (κ1) is 19.2. The van der Waals surface area contributed by atoms with Crippen molar-refractivity contribution in [3.05, 3.63) is 28.3 Å². The standard InChI is InChI=1S/C17H22F3N3O2S/c1-15(2)8-10-11(13(21)24)14(26-12(10)16(3,4)25-15)23-7-5-6-22(23)9-17(18,19)20/h5,7H,6,8-9H2,1-4H3,(H2,21,24). The van der Waals surface area contributed by atoms with Crippen molar-refractivity contribution in [2.75, 3.05) is 18.1 Å². The average molecular weight is 389 g/mol. The summed E-state index contributed by atoms with van der Waals surface area (Å²) in [6, 6.07) is 0. The summed E-state index contributed by atoms with van der Waals surface area (Å²) < 4.78 is 44.8. The normalized spacial score (nSPS) is 21.9. The number of rotatable bonds is 3. The quantitative estimate of drug-likeness (QED) is 0.859. The highest BCUT2D eigenvalue weighted by Gasteiger charge is 2.44. The summed E-state index contributed by atoms with van der Waals surface area (Å²) in [7, 11) is 0. The summed E-state index contributed by atoms with van der Waals surface area (Å²) in [5.74, 6) is -0.641. The largest absolute Gasteiger partial charge is 0.403 e. The van der Waals surface area contributed by atoms with Gasteiger partial charge in [0.05, 0.1) is 16.8 Å². The average Bonchev–Trinajstić information content (AvgIpc) is 2.98. The second-order valence-corrected chi connectivity index (χ2v) is 8.69. The van der Waals surface area contributed by atoms with Gasteiger partial charge in [-0.3, -0.25) is 9.80 Å². The maximum absolute atomic E-state index is 12.9. The van der Waals surface area contributed by atoms with Crippen LogP contribution in [-0.4, -0.2) is 35.8 Å². The van der Waals surface area contributed by atoms with Crippen LogP contribution in [0.2, 0.25) is 0 Å². The molecule has 0 saturated heterocycles. The minimum absolute atomic E-state index is 0.117. The summed E-state index contributed by atoms with van der Waals surface area (Å²) in [4.78, 5) is 13.0. The van der Waals surface area contributed by atoms with Crippen molar-refractivity contribution in [3.63, 3.8) is 0 Å². The lowest BCUT2D eigenvalue weighted by atomic mass is 9.86. The number of carbonyl (C=O) groups is 1. The van der Waals surface area contributed by atoms with E-state index in [4.69, 9.17) is 10.5 Å². The second kappa shape index (κ2) is 5.97. The number of thiophene rings is 1. The van der Waals surface area contributed by atoms with Crippen LogP contribution in [0.1, 0.15) is 48.5 Å². The van der Waals surface area contributed by atoms with Crippen LogP contribution in [0.3, 0.4) is 0 Å². The first-order chi connectivity index (χ1) is 11.8. The van der Waals surface area contributed by atoms with Gasteiger partial charge in [0.2, 0.25) is 0 Å². The third kappa shape index (κ3) is 3.47. The van der Waals surface area contributed by atoms with Gasteiger partial charge in [0.15, 0.2) is 0 Å². The highest BCUT2D eigenvalue weighted by Crippen LogP contribution is 2.49. The van der Waals surface area contributed by atoms with E-state index in [0.717, 1.165) is 15.4 Å². The van der Waals surface area contributed by atoms with Gasteiger partial charge in [0.1, 0.15) is 11.5 Å². The van der Waals surface area contributed by atoms with Crippen molar-refractivity contribution >= 4 is 22.2 Å². The molecule has 144 valence electrons. The zero-order valence-electron chi connectivity index (χ0n) is 15.1. The molecule has 1 aromatic heterocycles. The molecule has 5 nitrogen and oxygen atoms in total. The molecule has 9 heteroatoms. The number of halogens is 3. The number of carbonyl (C=O) groups excluding carboxylic acids is 1. The maximum atomic E-state index is 12.9. The zero-order valence-corrected chi connectivity index (χ0v) is 15.9. The van der Waals surface area contributed by atoms with Gasteiger partial charge in [-0.1, -0.05) is 6.08 Å². The topological polar surface area (TPSA) is 58.8 Å². The first-order valence-electron chi connectivity index (χ1n) is 8.24. The van der Waals surface area contributed by atoms with E-state index in [-0.39, 0.29) is 12.1 Å². The van der Waals surface area contributed by atoms with Gasteiger partial charge in [-0.25, -0.2) is 5.01 Å². The summed E-state index contributed by atoms with van der Waals surface area (Å²) in [5, 5.41) is 2.94. The minimum Gasteiger partial charge on any atom is -0.365 e. The van der Waals surface area contributed by atoms with Crippen molar-refractivity contribution in [1.29, 1.82) is 0 Å². The monoisotopic (exact) mass is 389 g/mol. The number of hydrogen-bond acceptors (Lipinski definition) is 5. The Bertz CT molecular complexity index is 768. The number of fused-ring (bicyclic) bond motifs is 1. The highest BCUT2D eigenvalue weighted by molar-refractivity contribution is 7.17. The van der Waals surface area contributed by atoms with Crippen LogP contribution in [-0.2, 0) is 16.8 Å². The van der Waals surface area contributed by atoms with Gasteiger partial charge >= 0.3 is 6.18 Å². The van der Waals surface area contributed by atoms with Crippen molar-refractivity contribution in [2.24, 2.45) is 5.73 Å². The van der Waals surface area contributed by atoms with Crippen LogP contribution < -0.4 is 10.7 Å². The van der Waals surface area contributed by atoms with Gasteiger partial charge in [-0.05, 0) is 33.3 Å². The van der Waals surface area contributed by atoms with Crippen molar-refractivity contribution in [2.45, 2.75) is 51.5 Å². The Labute approximate surface area is 154 Å². The summed E-state index contributed by atoms with van der Waals surface area (Å²) >= 11 is 1.26. The Morgan fingerprint density at radius 3 is 2.58 bits per heavy atom. The van der Waals surface area contributed by atoms with E-state index in [1.54, 1.807) is 12.3 Å². The highest BCUT2D eigenvalue weighted by atomic mass is 32.1. The van der Waals surface area contributed by atoms with Gasteiger partial charge < -0.3 is 10.5 Å². The van der Waals surface area contributed by atoms with Crippen molar-refractivity contribution in [3.8, 4) is 0 Å². The van der Waals surface area contributed by atoms with Crippen LogP contribution in [0.15, 0.2) is 12.3 Å². The lowest BCUT2D eigenvalue weighted by Gasteiger charge is -2.41. The Kier molecular flexibility index (Phi) is 4.40. The predicted molar refractivity (Wildman–Crippen MR) is 94.0 cm³/mol. The molecule has 0 radical (unpaired) electrons. The van der Waals surface area contributed by atoms with Crippen LogP contribution in [0, 0.1) is 0 Å². The van der Waals surface area contributed by atoms with E-state index >= 15 is 0 Å². The lowest BCUT2D eigenvalue weighted by molar-refractivity contribution is -0.144. The van der Waals surface area contributed by atoms with Gasteiger partial charge in [-0.15, -0.1) is 11.3 Å². The molecule has 0 spiro atoms. The second-order valence-electron chi connectivity index (χ2n) is 7.69. The van der Waals surface area contributed by atoms with E-state index in [9.17, 15) is 18.0 Å². The number of hydrazine groups is 1. The van der Waals surface area contributed by atoms with Crippen LogP contribution in [0.4, 0.5) is 18.2 Å². The molecule has 0 atom stereocenters. The third-order valence-corrected chi connectivity index (χ3v) is 5.88. The van der Waals surface area contributed by atoms with Crippen LogP contribution in [0.5, 0.6) is 0 Å². The Morgan fingerprint density at radius 2 is 2.00 bits per heavy atom. The van der Waals surface area contributed by atoms with Crippen LogP contribution >= 0.6 is 11.3 Å². The Morgan fingerprint density at radius 1 is 1.35 bits per heavy atom. The molecule has 0 unspecified atom stereocenters.